The van der Waals surface area contributed by atoms with Crippen LogP contribution in [0.2, 0.25) is 0 Å². The Hall–Kier alpha value is -3.26. The van der Waals surface area contributed by atoms with Gasteiger partial charge in [-0.25, -0.2) is 9.78 Å². The summed E-state index contributed by atoms with van der Waals surface area (Å²) in [7, 11) is 0. The van der Waals surface area contributed by atoms with E-state index in [1.807, 2.05) is 0 Å². The van der Waals surface area contributed by atoms with E-state index in [-0.39, 0.29) is 0 Å². The molecule has 2 aromatic carbocycles. The van der Waals surface area contributed by atoms with Gasteiger partial charge in [0.15, 0.2) is 6.10 Å². The number of esters is 1. The number of hydrazine groups is 1. The van der Waals surface area contributed by atoms with Crippen molar-refractivity contribution in [1.82, 2.24) is 15.8 Å². The zero-order valence-electron chi connectivity index (χ0n) is 13.8. The first-order chi connectivity index (χ1) is 12.5. The summed E-state index contributed by atoms with van der Waals surface area (Å²) < 4.78 is 6.00. The number of thiazole rings is 1. The molecular formula is C18H15N3O4S. The summed E-state index contributed by atoms with van der Waals surface area (Å²) in [5.41, 5.74) is 7.72. The van der Waals surface area contributed by atoms with E-state index in [1.165, 1.54) is 18.3 Å². The maximum Gasteiger partial charge on any atom is 0.338 e. The Bertz CT molecular complexity index is 955. The van der Waals surface area contributed by atoms with Gasteiger partial charge in [-0.3, -0.25) is 20.4 Å². The number of aromatic nitrogens is 1. The van der Waals surface area contributed by atoms with Crippen molar-refractivity contribution < 1.29 is 19.1 Å². The maximum atomic E-state index is 12.2. The normalized spacial score (nSPS) is 11.6. The fraction of sp³-hybridized carbons (Fsp3) is 0.111. The van der Waals surface area contributed by atoms with E-state index in [1.54, 1.807) is 54.0 Å². The molecule has 1 aromatic heterocycles. The van der Waals surface area contributed by atoms with E-state index in [0.29, 0.717) is 11.1 Å². The summed E-state index contributed by atoms with van der Waals surface area (Å²) in [5, 5.41) is 0. The molecule has 3 aromatic rings. The SMILES string of the molecule is C[C@H](OC(=O)c1ccc2ncsc2c1)C(=O)NNC(=O)c1ccccc1. The number of amides is 2. The van der Waals surface area contributed by atoms with Gasteiger partial charge in [-0.2, -0.15) is 0 Å². The van der Waals surface area contributed by atoms with E-state index in [9.17, 15) is 14.4 Å². The lowest BCUT2D eigenvalue weighted by Gasteiger charge is -2.14. The largest absolute Gasteiger partial charge is 0.449 e. The van der Waals surface area contributed by atoms with Gasteiger partial charge in [0.2, 0.25) is 0 Å². The van der Waals surface area contributed by atoms with E-state index >= 15 is 0 Å². The highest BCUT2D eigenvalue weighted by molar-refractivity contribution is 7.16. The minimum absolute atomic E-state index is 0.328. The van der Waals surface area contributed by atoms with Crippen LogP contribution in [0, 0.1) is 0 Å². The Labute approximate surface area is 153 Å². The molecule has 1 atom stereocenters. The predicted molar refractivity (Wildman–Crippen MR) is 96.5 cm³/mol. The molecule has 0 radical (unpaired) electrons. The first kappa shape index (κ1) is 17.6. The van der Waals surface area contributed by atoms with Gasteiger partial charge in [-0.15, -0.1) is 11.3 Å². The highest BCUT2D eigenvalue weighted by Gasteiger charge is 2.20. The fourth-order valence-electron chi connectivity index (χ4n) is 2.15. The van der Waals surface area contributed by atoms with Crippen LogP contribution in [0.25, 0.3) is 10.2 Å². The topological polar surface area (TPSA) is 97.4 Å². The number of benzene rings is 2. The molecule has 0 unspecified atom stereocenters. The van der Waals surface area contributed by atoms with Crippen molar-refractivity contribution >= 4 is 39.3 Å². The molecule has 1 heterocycles. The van der Waals surface area contributed by atoms with Crippen molar-refractivity contribution in [2.24, 2.45) is 0 Å². The third kappa shape index (κ3) is 4.04. The molecule has 0 fully saturated rings. The molecule has 2 amide bonds. The number of nitrogens with one attached hydrogen (secondary N) is 2. The number of fused-ring (bicyclic) bond motifs is 1. The lowest BCUT2D eigenvalue weighted by molar-refractivity contribution is -0.129. The maximum absolute atomic E-state index is 12.2. The number of carbonyl (C=O) groups excluding carboxylic acids is 3. The zero-order chi connectivity index (χ0) is 18.5. The molecule has 7 nitrogen and oxygen atoms in total. The summed E-state index contributed by atoms with van der Waals surface area (Å²) in [4.78, 5) is 40.2. The van der Waals surface area contributed by atoms with E-state index in [2.05, 4.69) is 15.8 Å². The molecule has 26 heavy (non-hydrogen) atoms. The van der Waals surface area contributed by atoms with Crippen LogP contribution in [0.15, 0.2) is 54.0 Å². The second kappa shape index (κ2) is 7.75. The van der Waals surface area contributed by atoms with E-state index in [4.69, 9.17) is 4.74 Å². The van der Waals surface area contributed by atoms with Crippen molar-refractivity contribution in [2.45, 2.75) is 13.0 Å². The molecule has 3 rings (SSSR count). The standard InChI is InChI=1S/C18H15N3O4S/c1-11(16(22)20-21-17(23)12-5-3-2-4-6-12)25-18(24)13-7-8-14-15(9-13)26-10-19-14/h2-11H,1H3,(H,20,22)(H,21,23)/t11-/m0/s1. The molecule has 0 aliphatic rings. The highest BCUT2D eigenvalue weighted by Crippen LogP contribution is 2.19. The van der Waals surface area contributed by atoms with Crippen molar-refractivity contribution in [1.29, 1.82) is 0 Å². The monoisotopic (exact) mass is 369 g/mol. The van der Waals surface area contributed by atoms with Crippen LogP contribution in [0.3, 0.4) is 0 Å². The van der Waals surface area contributed by atoms with Gasteiger partial charge in [0.05, 0.1) is 21.3 Å². The van der Waals surface area contributed by atoms with Gasteiger partial charge in [0.1, 0.15) is 0 Å². The van der Waals surface area contributed by atoms with Crippen LogP contribution in [0.5, 0.6) is 0 Å². The van der Waals surface area contributed by atoms with Crippen LogP contribution >= 0.6 is 11.3 Å². The zero-order valence-corrected chi connectivity index (χ0v) is 14.6. The number of carbonyl (C=O) groups is 3. The van der Waals surface area contributed by atoms with Gasteiger partial charge in [0.25, 0.3) is 11.8 Å². The lowest BCUT2D eigenvalue weighted by Crippen LogP contribution is -2.46. The molecule has 0 bridgehead atoms. The molecule has 132 valence electrons. The average molecular weight is 369 g/mol. The number of hydrogen-bond donors (Lipinski definition) is 2. The Morgan fingerprint density at radius 1 is 1.04 bits per heavy atom. The first-order valence-electron chi connectivity index (χ1n) is 7.74. The van der Waals surface area contributed by atoms with Crippen LogP contribution in [-0.4, -0.2) is 28.9 Å². The molecule has 0 aliphatic carbocycles. The van der Waals surface area contributed by atoms with Gasteiger partial charge >= 0.3 is 5.97 Å². The van der Waals surface area contributed by atoms with Crippen molar-refractivity contribution in [3.63, 3.8) is 0 Å². The molecule has 8 heteroatoms. The van der Waals surface area contributed by atoms with Crippen LogP contribution < -0.4 is 10.9 Å². The van der Waals surface area contributed by atoms with Crippen molar-refractivity contribution in [2.75, 3.05) is 0 Å². The average Bonchev–Trinajstić information content (AvgIpc) is 3.14. The predicted octanol–water partition coefficient (Wildman–Crippen LogP) is 2.30. The first-order valence-corrected chi connectivity index (χ1v) is 8.62. The molecular weight excluding hydrogens is 354 g/mol. The summed E-state index contributed by atoms with van der Waals surface area (Å²) in [6.45, 7) is 1.42. The summed E-state index contributed by atoms with van der Waals surface area (Å²) >= 11 is 1.41. The number of rotatable bonds is 4. The van der Waals surface area contributed by atoms with Crippen LogP contribution in [0.1, 0.15) is 27.6 Å². The smallest absolute Gasteiger partial charge is 0.338 e. The Balaban J connectivity index is 1.54. The number of nitrogens with zero attached hydrogens (tertiary/aromatic N) is 1. The quantitative estimate of drug-likeness (QED) is 0.543. The van der Waals surface area contributed by atoms with Crippen molar-refractivity contribution in [3.8, 4) is 0 Å². The Morgan fingerprint density at radius 2 is 1.81 bits per heavy atom. The third-order valence-corrected chi connectivity index (χ3v) is 4.35. The Morgan fingerprint density at radius 3 is 2.58 bits per heavy atom. The molecule has 0 saturated heterocycles. The van der Waals surface area contributed by atoms with Gasteiger partial charge in [-0.1, -0.05) is 18.2 Å². The molecule has 0 aliphatic heterocycles. The van der Waals surface area contributed by atoms with Crippen LogP contribution in [0.4, 0.5) is 0 Å². The minimum Gasteiger partial charge on any atom is -0.449 e. The lowest BCUT2D eigenvalue weighted by atomic mass is 10.2. The summed E-state index contributed by atoms with van der Waals surface area (Å²) in [6.07, 6.45) is -1.07. The van der Waals surface area contributed by atoms with Crippen LogP contribution in [-0.2, 0) is 9.53 Å². The molecule has 0 spiro atoms. The van der Waals surface area contributed by atoms with E-state index in [0.717, 1.165) is 10.2 Å². The number of ether oxygens (including phenoxy) is 1. The second-order valence-corrected chi connectivity index (χ2v) is 6.28. The Kier molecular flexibility index (Phi) is 5.23. The third-order valence-electron chi connectivity index (χ3n) is 3.56. The number of hydrogen-bond acceptors (Lipinski definition) is 6. The molecule has 2 N–H and O–H groups in total. The minimum atomic E-state index is -1.07. The van der Waals surface area contributed by atoms with Gasteiger partial charge in [-0.05, 0) is 37.3 Å². The van der Waals surface area contributed by atoms with Gasteiger partial charge in [0, 0.05) is 5.56 Å². The van der Waals surface area contributed by atoms with Crippen molar-refractivity contribution in [3.05, 3.63) is 65.2 Å². The van der Waals surface area contributed by atoms with E-state index < -0.39 is 23.9 Å². The summed E-state index contributed by atoms with van der Waals surface area (Å²) in [6, 6.07) is 13.4. The van der Waals surface area contributed by atoms with Gasteiger partial charge < -0.3 is 4.74 Å². The fourth-order valence-corrected chi connectivity index (χ4v) is 2.86. The molecule has 0 saturated carbocycles. The highest BCUT2D eigenvalue weighted by atomic mass is 32.1. The second-order valence-electron chi connectivity index (χ2n) is 5.39. The summed E-state index contributed by atoms with van der Waals surface area (Å²) in [5.74, 6) is -1.73.